The van der Waals surface area contributed by atoms with Gasteiger partial charge in [-0.3, -0.25) is 0 Å². The molecular formula is C10H10S. The van der Waals surface area contributed by atoms with E-state index in [0.29, 0.717) is 0 Å². The second-order valence-electron chi connectivity index (χ2n) is 2.74. The standard InChI is InChI=1S/C10H10S/c1-8-6-9-4-2-3-5-10(9)7-11-8/h2-6H,7H2,1H3. The lowest BCUT2D eigenvalue weighted by molar-refractivity contribution is 1.37. The lowest BCUT2D eigenvalue weighted by Gasteiger charge is -2.12. The van der Waals surface area contributed by atoms with Crippen molar-refractivity contribution in [3.63, 3.8) is 0 Å². The first-order chi connectivity index (χ1) is 5.36. The number of hydrogen-bond acceptors (Lipinski definition) is 1. The molecule has 11 heavy (non-hydrogen) atoms. The summed E-state index contributed by atoms with van der Waals surface area (Å²) in [4.78, 5) is 1.42. The van der Waals surface area contributed by atoms with Crippen LogP contribution >= 0.6 is 11.8 Å². The van der Waals surface area contributed by atoms with E-state index in [4.69, 9.17) is 0 Å². The minimum atomic E-state index is 1.14. The topological polar surface area (TPSA) is 0 Å². The molecule has 1 heterocycles. The van der Waals surface area contributed by atoms with Crippen molar-refractivity contribution in [1.29, 1.82) is 0 Å². The maximum Gasteiger partial charge on any atom is 0.0234 e. The third kappa shape index (κ3) is 1.33. The van der Waals surface area contributed by atoms with E-state index in [1.807, 2.05) is 11.8 Å². The first kappa shape index (κ1) is 6.99. The summed E-state index contributed by atoms with van der Waals surface area (Å²) >= 11 is 1.92. The maximum absolute atomic E-state index is 2.25. The molecule has 1 heteroatoms. The molecule has 0 amide bonds. The van der Waals surface area contributed by atoms with Gasteiger partial charge in [0.05, 0.1) is 0 Å². The molecule has 0 aliphatic carbocycles. The van der Waals surface area contributed by atoms with Crippen molar-refractivity contribution in [2.24, 2.45) is 0 Å². The molecule has 0 nitrogen and oxygen atoms in total. The van der Waals surface area contributed by atoms with Crippen LogP contribution in [0.15, 0.2) is 29.2 Å². The quantitative estimate of drug-likeness (QED) is 0.564. The minimum Gasteiger partial charge on any atom is -0.126 e. The van der Waals surface area contributed by atoms with Gasteiger partial charge in [-0.25, -0.2) is 0 Å². The molecule has 0 fully saturated rings. The number of rotatable bonds is 0. The Labute approximate surface area is 71.3 Å². The molecule has 56 valence electrons. The van der Waals surface area contributed by atoms with Crippen LogP contribution in [0.1, 0.15) is 18.1 Å². The van der Waals surface area contributed by atoms with Gasteiger partial charge >= 0.3 is 0 Å². The maximum atomic E-state index is 2.25. The van der Waals surface area contributed by atoms with Crippen molar-refractivity contribution in [3.05, 3.63) is 40.3 Å². The fraction of sp³-hybridized carbons (Fsp3) is 0.200. The molecular weight excluding hydrogens is 152 g/mol. The Morgan fingerprint density at radius 1 is 1.27 bits per heavy atom. The third-order valence-electron chi connectivity index (χ3n) is 1.87. The normalized spacial score (nSPS) is 15.5. The molecule has 1 aromatic rings. The molecule has 0 atom stereocenters. The second kappa shape index (κ2) is 2.74. The monoisotopic (exact) mass is 162 g/mol. The van der Waals surface area contributed by atoms with Crippen LogP contribution < -0.4 is 0 Å². The van der Waals surface area contributed by atoms with Gasteiger partial charge in [0.25, 0.3) is 0 Å². The smallest absolute Gasteiger partial charge is 0.0234 e. The van der Waals surface area contributed by atoms with Crippen molar-refractivity contribution in [1.82, 2.24) is 0 Å². The summed E-state index contributed by atoms with van der Waals surface area (Å²) in [6, 6.07) is 8.58. The summed E-state index contributed by atoms with van der Waals surface area (Å²) in [5.41, 5.74) is 2.85. The molecule has 0 N–H and O–H groups in total. The number of fused-ring (bicyclic) bond motifs is 1. The fourth-order valence-electron chi connectivity index (χ4n) is 1.26. The van der Waals surface area contributed by atoms with Gasteiger partial charge in [0, 0.05) is 5.75 Å². The molecule has 0 radical (unpaired) electrons. The van der Waals surface area contributed by atoms with E-state index in [1.165, 1.54) is 16.0 Å². The first-order valence-corrected chi connectivity index (χ1v) is 4.74. The number of thioether (sulfide) groups is 1. The summed E-state index contributed by atoms with van der Waals surface area (Å²) in [6.45, 7) is 2.17. The number of allylic oxidation sites excluding steroid dienone is 1. The predicted octanol–water partition coefficient (Wildman–Crippen LogP) is 3.29. The highest BCUT2D eigenvalue weighted by molar-refractivity contribution is 8.02. The molecule has 0 saturated heterocycles. The second-order valence-corrected chi connectivity index (χ2v) is 3.96. The van der Waals surface area contributed by atoms with Gasteiger partial charge in [-0.15, -0.1) is 11.8 Å². The molecule has 0 aromatic heterocycles. The Bertz CT molecular complexity index is 299. The van der Waals surface area contributed by atoms with Gasteiger partial charge in [0.15, 0.2) is 0 Å². The number of benzene rings is 1. The minimum absolute atomic E-state index is 1.14. The predicted molar refractivity (Wildman–Crippen MR) is 51.4 cm³/mol. The van der Waals surface area contributed by atoms with Crippen LogP contribution in [0.3, 0.4) is 0 Å². The van der Waals surface area contributed by atoms with E-state index < -0.39 is 0 Å². The highest BCUT2D eigenvalue weighted by Crippen LogP contribution is 2.30. The van der Waals surface area contributed by atoms with E-state index >= 15 is 0 Å². The Balaban J connectivity index is 2.51. The van der Waals surface area contributed by atoms with Crippen LogP contribution in [0, 0.1) is 0 Å². The van der Waals surface area contributed by atoms with Gasteiger partial charge in [-0.1, -0.05) is 24.3 Å². The van der Waals surface area contributed by atoms with Crippen molar-refractivity contribution < 1.29 is 0 Å². The van der Waals surface area contributed by atoms with Crippen LogP contribution in [0.5, 0.6) is 0 Å². The van der Waals surface area contributed by atoms with Gasteiger partial charge < -0.3 is 0 Å². The van der Waals surface area contributed by atoms with Crippen molar-refractivity contribution >= 4 is 17.8 Å². The van der Waals surface area contributed by atoms with Gasteiger partial charge in [0.2, 0.25) is 0 Å². The van der Waals surface area contributed by atoms with E-state index in [2.05, 4.69) is 37.3 Å². The third-order valence-corrected chi connectivity index (χ3v) is 2.90. The molecule has 2 rings (SSSR count). The zero-order chi connectivity index (χ0) is 7.68. The Hall–Kier alpha value is -0.690. The average molecular weight is 162 g/mol. The van der Waals surface area contributed by atoms with Gasteiger partial charge in [0.1, 0.15) is 0 Å². The highest BCUT2D eigenvalue weighted by atomic mass is 32.2. The van der Waals surface area contributed by atoms with E-state index in [0.717, 1.165) is 5.75 Å². The highest BCUT2D eigenvalue weighted by Gasteiger charge is 2.05. The van der Waals surface area contributed by atoms with E-state index in [9.17, 15) is 0 Å². The molecule has 0 bridgehead atoms. The molecule has 1 aliphatic heterocycles. The van der Waals surface area contributed by atoms with E-state index in [-0.39, 0.29) is 0 Å². The lowest BCUT2D eigenvalue weighted by Crippen LogP contribution is -1.90. The van der Waals surface area contributed by atoms with Crippen LogP contribution in [0.4, 0.5) is 0 Å². The molecule has 0 spiro atoms. The first-order valence-electron chi connectivity index (χ1n) is 3.75. The lowest BCUT2D eigenvalue weighted by atomic mass is 10.1. The molecule has 0 saturated carbocycles. The molecule has 0 unspecified atom stereocenters. The summed E-state index contributed by atoms with van der Waals surface area (Å²) in [7, 11) is 0. The van der Waals surface area contributed by atoms with Crippen LogP contribution in [-0.2, 0) is 5.75 Å². The van der Waals surface area contributed by atoms with Crippen molar-refractivity contribution in [2.75, 3.05) is 0 Å². The summed E-state index contributed by atoms with van der Waals surface area (Å²) in [5, 5.41) is 0. The largest absolute Gasteiger partial charge is 0.126 e. The van der Waals surface area contributed by atoms with Crippen LogP contribution in [-0.4, -0.2) is 0 Å². The Morgan fingerprint density at radius 3 is 3.00 bits per heavy atom. The van der Waals surface area contributed by atoms with Gasteiger partial charge in [-0.05, 0) is 29.0 Å². The van der Waals surface area contributed by atoms with Crippen molar-refractivity contribution in [2.45, 2.75) is 12.7 Å². The molecule has 1 aromatic carbocycles. The zero-order valence-corrected chi connectivity index (χ0v) is 7.32. The summed E-state index contributed by atoms with van der Waals surface area (Å²) in [5.74, 6) is 1.14. The Kier molecular flexibility index (Phi) is 1.74. The van der Waals surface area contributed by atoms with Crippen molar-refractivity contribution in [3.8, 4) is 0 Å². The molecule has 1 aliphatic rings. The number of hydrogen-bond donors (Lipinski definition) is 0. The summed E-state index contributed by atoms with van der Waals surface area (Å²) in [6.07, 6.45) is 2.25. The van der Waals surface area contributed by atoms with Crippen LogP contribution in [0.25, 0.3) is 6.08 Å². The SMILES string of the molecule is CC1=Cc2ccccc2CS1. The summed E-state index contributed by atoms with van der Waals surface area (Å²) < 4.78 is 0. The average Bonchev–Trinajstić information content (AvgIpc) is 2.04. The van der Waals surface area contributed by atoms with Crippen LogP contribution in [0.2, 0.25) is 0 Å². The Morgan fingerprint density at radius 2 is 2.09 bits per heavy atom. The zero-order valence-electron chi connectivity index (χ0n) is 6.50. The van der Waals surface area contributed by atoms with E-state index in [1.54, 1.807) is 0 Å². The van der Waals surface area contributed by atoms with Gasteiger partial charge in [-0.2, -0.15) is 0 Å². The fourth-order valence-corrected chi connectivity index (χ4v) is 2.12.